The van der Waals surface area contributed by atoms with Gasteiger partial charge in [0.1, 0.15) is 5.75 Å². The normalized spacial score (nSPS) is 11.3. The minimum absolute atomic E-state index is 0.157. The van der Waals surface area contributed by atoms with Crippen molar-refractivity contribution in [1.29, 1.82) is 0 Å². The Morgan fingerprint density at radius 3 is 2.08 bits per heavy atom. The molecular weight excluding hydrogens is 328 g/mol. The minimum Gasteiger partial charge on any atom is -0.508 e. The largest absolute Gasteiger partial charge is 0.508 e. The topological polar surface area (TPSA) is 89.1 Å². The van der Waals surface area contributed by atoms with Crippen LogP contribution in [0.3, 0.4) is 0 Å². The van der Waals surface area contributed by atoms with E-state index in [1.54, 1.807) is 12.1 Å². The number of hydrogen-bond donors (Lipinski definition) is 3. The number of hydrogen-bond acceptors (Lipinski definition) is 5. The molecule has 0 aromatic heterocycles. The first-order chi connectivity index (χ1) is 11.5. The predicted molar refractivity (Wildman–Crippen MR) is 95.2 cm³/mol. The van der Waals surface area contributed by atoms with Crippen molar-refractivity contribution in [3.8, 4) is 5.75 Å². The molecule has 0 heterocycles. The number of anilines is 1. The van der Waals surface area contributed by atoms with Crippen LogP contribution in [0.15, 0.2) is 24.3 Å². The summed E-state index contributed by atoms with van der Waals surface area (Å²) in [6, 6.07) is 6.65. The number of carbonyl (C=O) groups excluding carboxylic acids is 1. The number of rotatable bonds is 11. The Hall–Kier alpha value is -1.61. The summed E-state index contributed by atoms with van der Waals surface area (Å²) < 4.78 is 17.3. The van der Waals surface area contributed by atoms with Crippen LogP contribution >= 0.6 is 0 Å². The second kappa shape index (κ2) is 11.0. The summed E-state index contributed by atoms with van der Waals surface area (Å²) in [5, 5.41) is 14.7. The van der Waals surface area contributed by atoms with Crippen LogP contribution in [0.25, 0.3) is 0 Å². The Morgan fingerprint density at radius 2 is 1.58 bits per heavy atom. The smallest absolute Gasteiger partial charge is 0.500 e. The lowest BCUT2D eigenvalue weighted by Gasteiger charge is -2.28. The third kappa shape index (κ3) is 7.31. The first-order valence-electron chi connectivity index (χ1n) is 8.31. The average Bonchev–Trinajstić information content (AvgIpc) is 2.55. The number of amides is 2. The van der Waals surface area contributed by atoms with Crippen molar-refractivity contribution in [1.82, 2.24) is 5.32 Å². The molecule has 0 unspecified atom stereocenters. The van der Waals surface area contributed by atoms with Gasteiger partial charge in [-0.25, -0.2) is 4.79 Å². The molecule has 0 saturated heterocycles. The van der Waals surface area contributed by atoms with E-state index < -0.39 is 8.80 Å². The van der Waals surface area contributed by atoms with Gasteiger partial charge in [0.05, 0.1) is 0 Å². The molecule has 8 heteroatoms. The zero-order chi connectivity index (χ0) is 17.8. The van der Waals surface area contributed by atoms with Crippen LogP contribution in [0.5, 0.6) is 5.75 Å². The number of carbonyl (C=O) groups is 1. The average molecular weight is 356 g/mol. The minimum atomic E-state index is -2.65. The number of aromatic hydroxyl groups is 1. The summed E-state index contributed by atoms with van der Waals surface area (Å²) in [5.41, 5.74) is 0.618. The van der Waals surface area contributed by atoms with Crippen molar-refractivity contribution >= 4 is 20.5 Å². The molecule has 7 nitrogen and oxygen atoms in total. The van der Waals surface area contributed by atoms with E-state index >= 15 is 0 Å². The molecule has 3 N–H and O–H groups in total. The number of phenols is 1. The van der Waals surface area contributed by atoms with Crippen LogP contribution in [0, 0.1) is 0 Å². The molecule has 1 aromatic carbocycles. The van der Waals surface area contributed by atoms with Crippen LogP contribution in [0.4, 0.5) is 10.5 Å². The zero-order valence-corrected chi connectivity index (χ0v) is 15.6. The molecule has 0 atom stereocenters. The Bertz CT molecular complexity index is 467. The molecule has 136 valence electrons. The highest BCUT2D eigenvalue weighted by molar-refractivity contribution is 6.60. The van der Waals surface area contributed by atoms with Gasteiger partial charge in [0.2, 0.25) is 0 Å². The summed E-state index contributed by atoms with van der Waals surface area (Å²) in [7, 11) is -2.65. The monoisotopic (exact) mass is 356 g/mol. The lowest BCUT2D eigenvalue weighted by atomic mass is 10.3. The molecule has 0 radical (unpaired) electrons. The van der Waals surface area contributed by atoms with Crippen LogP contribution in [0.2, 0.25) is 6.04 Å². The number of urea groups is 1. The fourth-order valence-corrected chi connectivity index (χ4v) is 4.84. The molecule has 0 aliphatic carbocycles. The number of nitrogens with one attached hydrogen (secondary N) is 2. The molecule has 0 aliphatic heterocycles. The first-order valence-corrected chi connectivity index (χ1v) is 10.2. The lowest BCUT2D eigenvalue weighted by molar-refractivity contribution is 0.0708. The summed E-state index contributed by atoms with van der Waals surface area (Å²) >= 11 is 0. The molecule has 0 fully saturated rings. The van der Waals surface area contributed by atoms with E-state index in [4.69, 9.17) is 13.3 Å². The summed E-state index contributed by atoms with van der Waals surface area (Å²) in [6.45, 7) is 7.88. The van der Waals surface area contributed by atoms with Gasteiger partial charge in [0, 0.05) is 38.1 Å². The van der Waals surface area contributed by atoms with Crippen molar-refractivity contribution in [2.24, 2.45) is 0 Å². The standard InChI is InChI=1S/C16H28N2O5Si/c1-4-21-24(22-5-2,23-6-3)13-7-12-17-16(20)18-14-8-10-15(19)11-9-14/h8-11,19H,4-7,12-13H2,1-3H3,(H2,17,18,20). The Labute approximate surface area is 144 Å². The van der Waals surface area contributed by atoms with E-state index in [2.05, 4.69) is 10.6 Å². The second-order valence-corrected chi connectivity index (χ2v) is 7.75. The molecule has 0 aliphatic rings. The highest BCUT2D eigenvalue weighted by Crippen LogP contribution is 2.18. The Morgan fingerprint density at radius 1 is 1.04 bits per heavy atom. The van der Waals surface area contributed by atoms with Gasteiger partial charge in [-0.3, -0.25) is 0 Å². The van der Waals surface area contributed by atoms with Crippen LogP contribution in [0.1, 0.15) is 27.2 Å². The van der Waals surface area contributed by atoms with E-state index in [1.807, 2.05) is 20.8 Å². The van der Waals surface area contributed by atoms with Gasteiger partial charge >= 0.3 is 14.8 Å². The maximum absolute atomic E-state index is 11.8. The third-order valence-electron chi connectivity index (χ3n) is 3.16. The number of benzene rings is 1. The van der Waals surface area contributed by atoms with Crippen molar-refractivity contribution < 1.29 is 23.2 Å². The van der Waals surface area contributed by atoms with E-state index in [1.165, 1.54) is 12.1 Å². The second-order valence-electron chi connectivity index (χ2n) is 5.01. The van der Waals surface area contributed by atoms with E-state index in [0.717, 1.165) is 0 Å². The zero-order valence-electron chi connectivity index (χ0n) is 14.6. The van der Waals surface area contributed by atoms with Gasteiger partial charge in [-0.1, -0.05) is 0 Å². The molecule has 24 heavy (non-hydrogen) atoms. The molecule has 0 bridgehead atoms. The summed E-state index contributed by atoms with van der Waals surface area (Å²) in [6.07, 6.45) is 0.704. The van der Waals surface area contributed by atoms with E-state index in [-0.39, 0.29) is 11.8 Å². The predicted octanol–water partition coefficient (Wildman–Crippen LogP) is 2.95. The van der Waals surface area contributed by atoms with Crippen molar-refractivity contribution in [3.63, 3.8) is 0 Å². The Balaban J connectivity index is 2.38. The van der Waals surface area contributed by atoms with Gasteiger partial charge < -0.3 is 29.0 Å². The fourth-order valence-electron chi connectivity index (χ4n) is 2.23. The van der Waals surface area contributed by atoms with Gasteiger partial charge in [-0.2, -0.15) is 0 Å². The SMILES string of the molecule is CCO[Si](CCCNC(=O)Nc1ccc(O)cc1)(OCC)OCC. The third-order valence-corrected chi connectivity index (χ3v) is 6.31. The first kappa shape index (κ1) is 20.4. The van der Waals surface area contributed by atoms with Gasteiger partial charge in [0.15, 0.2) is 0 Å². The molecule has 2 amide bonds. The van der Waals surface area contributed by atoms with Crippen LogP contribution < -0.4 is 10.6 Å². The highest BCUT2D eigenvalue weighted by Gasteiger charge is 2.39. The molecule has 0 saturated carbocycles. The van der Waals surface area contributed by atoms with Crippen molar-refractivity contribution in [2.45, 2.75) is 33.2 Å². The summed E-state index contributed by atoms with van der Waals surface area (Å²) in [5.74, 6) is 0.157. The van der Waals surface area contributed by atoms with Gasteiger partial charge in [-0.05, 0) is 51.5 Å². The molecule has 0 spiro atoms. The Kier molecular flexibility index (Phi) is 9.39. The van der Waals surface area contributed by atoms with Gasteiger partial charge in [-0.15, -0.1) is 0 Å². The molecule has 1 rings (SSSR count). The molecule has 1 aromatic rings. The van der Waals surface area contributed by atoms with Crippen LogP contribution in [-0.4, -0.2) is 46.3 Å². The quantitative estimate of drug-likeness (QED) is 0.322. The maximum atomic E-state index is 11.8. The van der Waals surface area contributed by atoms with E-state index in [0.29, 0.717) is 44.5 Å². The fraction of sp³-hybridized carbons (Fsp3) is 0.562. The highest BCUT2D eigenvalue weighted by atomic mass is 28.4. The van der Waals surface area contributed by atoms with Crippen molar-refractivity contribution in [3.05, 3.63) is 24.3 Å². The lowest BCUT2D eigenvalue weighted by Crippen LogP contribution is -2.46. The molecular formula is C16H28N2O5Si. The van der Waals surface area contributed by atoms with Crippen molar-refractivity contribution in [2.75, 3.05) is 31.7 Å². The van der Waals surface area contributed by atoms with E-state index in [9.17, 15) is 9.90 Å². The van der Waals surface area contributed by atoms with Gasteiger partial charge in [0.25, 0.3) is 0 Å². The van der Waals surface area contributed by atoms with Crippen LogP contribution in [-0.2, 0) is 13.3 Å². The summed E-state index contributed by atoms with van der Waals surface area (Å²) in [4.78, 5) is 11.8. The maximum Gasteiger partial charge on any atom is 0.500 e. The number of phenolic OH excluding ortho intramolecular Hbond substituents is 1.